The molecule has 3 aromatic rings. The van der Waals surface area contributed by atoms with E-state index in [-0.39, 0.29) is 0 Å². The summed E-state index contributed by atoms with van der Waals surface area (Å²) >= 11 is 0. The van der Waals surface area contributed by atoms with Crippen LogP contribution in [0.2, 0.25) is 0 Å². The maximum absolute atomic E-state index is 8.85. The van der Waals surface area contributed by atoms with Crippen molar-refractivity contribution in [3.63, 3.8) is 0 Å². The highest BCUT2D eigenvalue weighted by molar-refractivity contribution is 5.57. The number of ether oxygens (including phenoxy) is 1. The molecule has 4 rings (SSSR count). The van der Waals surface area contributed by atoms with Gasteiger partial charge >= 0.3 is 0 Å². The quantitative estimate of drug-likeness (QED) is 0.764. The number of likely N-dealkylation sites (tertiary alicyclic amines) is 1. The number of nitrogens with one attached hydrogen (secondary N) is 1. The summed E-state index contributed by atoms with van der Waals surface area (Å²) in [5, 5.41) is 16.4. The van der Waals surface area contributed by atoms with Crippen LogP contribution in [0.15, 0.2) is 42.6 Å². The molecule has 26 heavy (non-hydrogen) atoms. The van der Waals surface area contributed by atoms with Gasteiger partial charge in [0.15, 0.2) is 5.65 Å². The third-order valence-electron chi connectivity index (χ3n) is 4.69. The standard InChI is InChI=1S/C19H20N6O/c1-24-9-2-3-16(24)13-26-17-8-10-25-18(11-17)22-19(23-25)21-15-6-4-14(12-20)5-7-15/h4-8,10-11,16H,2-3,9,13H2,1H3,(H,21,23). The van der Waals surface area contributed by atoms with Gasteiger partial charge < -0.3 is 15.0 Å². The van der Waals surface area contributed by atoms with E-state index in [9.17, 15) is 0 Å². The van der Waals surface area contributed by atoms with Crippen molar-refractivity contribution in [3.8, 4) is 11.8 Å². The predicted octanol–water partition coefficient (Wildman–Crippen LogP) is 2.82. The Morgan fingerprint density at radius 2 is 2.15 bits per heavy atom. The highest BCUT2D eigenvalue weighted by Gasteiger charge is 2.21. The third kappa shape index (κ3) is 3.46. The molecule has 1 saturated heterocycles. The fourth-order valence-electron chi connectivity index (χ4n) is 3.15. The number of hydrogen-bond donors (Lipinski definition) is 1. The molecule has 1 aromatic carbocycles. The zero-order valence-electron chi connectivity index (χ0n) is 14.6. The van der Waals surface area contributed by atoms with Crippen LogP contribution < -0.4 is 10.1 Å². The smallest absolute Gasteiger partial charge is 0.247 e. The molecule has 0 spiro atoms. The fourth-order valence-corrected chi connectivity index (χ4v) is 3.15. The SMILES string of the molecule is CN1CCCC1COc1ccn2nc(Nc3ccc(C#N)cc3)nc2c1. The number of fused-ring (bicyclic) bond motifs is 1. The molecule has 1 atom stereocenters. The molecule has 0 aliphatic carbocycles. The summed E-state index contributed by atoms with van der Waals surface area (Å²) < 4.78 is 7.66. The minimum atomic E-state index is 0.484. The molecule has 0 saturated carbocycles. The van der Waals surface area contributed by atoms with Crippen LogP contribution in [0.3, 0.4) is 0 Å². The Balaban J connectivity index is 1.45. The Morgan fingerprint density at radius 3 is 2.88 bits per heavy atom. The molecule has 0 radical (unpaired) electrons. The van der Waals surface area contributed by atoms with Gasteiger partial charge in [0.1, 0.15) is 12.4 Å². The van der Waals surface area contributed by atoms with Gasteiger partial charge in [-0.25, -0.2) is 4.52 Å². The maximum atomic E-state index is 8.85. The van der Waals surface area contributed by atoms with Gasteiger partial charge in [-0.2, -0.15) is 10.2 Å². The van der Waals surface area contributed by atoms with Crippen LogP contribution in [-0.4, -0.2) is 45.7 Å². The topological polar surface area (TPSA) is 78.5 Å². The maximum Gasteiger partial charge on any atom is 0.247 e. The van der Waals surface area contributed by atoms with Crippen molar-refractivity contribution in [2.75, 3.05) is 25.5 Å². The highest BCUT2D eigenvalue weighted by Crippen LogP contribution is 2.20. The summed E-state index contributed by atoms with van der Waals surface area (Å²) in [6.45, 7) is 1.83. The van der Waals surface area contributed by atoms with Gasteiger partial charge in [-0.3, -0.25) is 0 Å². The van der Waals surface area contributed by atoms with Crippen LogP contribution in [-0.2, 0) is 0 Å². The summed E-state index contributed by atoms with van der Waals surface area (Å²) in [4.78, 5) is 6.83. The number of anilines is 2. The minimum Gasteiger partial charge on any atom is -0.492 e. The van der Waals surface area contributed by atoms with Crippen LogP contribution in [0, 0.1) is 11.3 Å². The van der Waals surface area contributed by atoms with Crippen LogP contribution >= 0.6 is 0 Å². The molecule has 0 amide bonds. The first-order chi connectivity index (χ1) is 12.7. The van der Waals surface area contributed by atoms with Crippen molar-refractivity contribution in [2.24, 2.45) is 0 Å². The first-order valence-corrected chi connectivity index (χ1v) is 8.68. The van der Waals surface area contributed by atoms with Gasteiger partial charge in [0.25, 0.3) is 0 Å². The lowest BCUT2D eigenvalue weighted by Gasteiger charge is -2.19. The number of benzene rings is 1. The summed E-state index contributed by atoms with van der Waals surface area (Å²) in [5.74, 6) is 1.30. The number of aromatic nitrogens is 3. The second-order valence-electron chi connectivity index (χ2n) is 6.50. The lowest BCUT2D eigenvalue weighted by molar-refractivity contribution is 0.198. The van der Waals surface area contributed by atoms with E-state index in [4.69, 9.17) is 10.00 Å². The van der Waals surface area contributed by atoms with E-state index in [1.165, 1.54) is 12.8 Å². The van der Waals surface area contributed by atoms with Gasteiger partial charge in [-0.15, -0.1) is 5.10 Å². The van der Waals surface area contributed by atoms with Crippen LogP contribution in [0.4, 0.5) is 11.6 Å². The molecule has 1 unspecified atom stereocenters. The molecule has 7 nitrogen and oxygen atoms in total. The average Bonchev–Trinajstić information content (AvgIpc) is 3.25. The monoisotopic (exact) mass is 348 g/mol. The lowest BCUT2D eigenvalue weighted by Crippen LogP contribution is -2.30. The van der Waals surface area contributed by atoms with E-state index < -0.39 is 0 Å². The van der Waals surface area contributed by atoms with Gasteiger partial charge in [-0.05, 0) is 56.8 Å². The fraction of sp³-hybridized carbons (Fsp3) is 0.316. The second kappa shape index (κ2) is 7.02. The number of pyridine rings is 1. The molecular formula is C19H20N6O. The summed E-state index contributed by atoms with van der Waals surface area (Å²) in [7, 11) is 2.14. The first kappa shape index (κ1) is 16.4. The number of nitrogens with zero attached hydrogens (tertiary/aromatic N) is 5. The van der Waals surface area contributed by atoms with Crippen molar-refractivity contribution in [2.45, 2.75) is 18.9 Å². The van der Waals surface area contributed by atoms with Gasteiger partial charge in [-0.1, -0.05) is 0 Å². The molecule has 132 valence electrons. The summed E-state index contributed by atoms with van der Waals surface area (Å²) in [5.41, 5.74) is 2.17. The number of rotatable bonds is 5. The molecule has 0 bridgehead atoms. The number of hydrogen-bond acceptors (Lipinski definition) is 6. The minimum absolute atomic E-state index is 0.484. The van der Waals surface area contributed by atoms with E-state index in [1.54, 1.807) is 16.6 Å². The third-order valence-corrected chi connectivity index (χ3v) is 4.69. The van der Waals surface area contributed by atoms with Crippen molar-refractivity contribution < 1.29 is 4.74 Å². The highest BCUT2D eigenvalue weighted by atomic mass is 16.5. The number of likely N-dealkylation sites (N-methyl/N-ethyl adjacent to an activating group) is 1. The number of nitriles is 1. The molecular weight excluding hydrogens is 328 g/mol. The van der Waals surface area contributed by atoms with E-state index in [1.807, 2.05) is 30.5 Å². The molecule has 1 aliphatic heterocycles. The molecule has 1 N–H and O–H groups in total. The first-order valence-electron chi connectivity index (χ1n) is 8.68. The van der Waals surface area contributed by atoms with E-state index in [0.29, 0.717) is 24.2 Å². The van der Waals surface area contributed by atoms with Gasteiger partial charge in [0.05, 0.1) is 11.6 Å². The summed E-state index contributed by atoms with van der Waals surface area (Å²) in [6.07, 6.45) is 4.26. The van der Waals surface area contributed by atoms with E-state index >= 15 is 0 Å². The summed E-state index contributed by atoms with van der Waals surface area (Å²) in [6, 6.07) is 13.6. The van der Waals surface area contributed by atoms with Crippen molar-refractivity contribution >= 4 is 17.3 Å². The van der Waals surface area contributed by atoms with Crippen LogP contribution in [0.25, 0.3) is 5.65 Å². The molecule has 2 aromatic heterocycles. The van der Waals surface area contributed by atoms with E-state index in [2.05, 4.69) is 33.4 Å². The Hall–Kier alpha value is -3.11. The zero-order chi connectivity index (χ0) is 17.9. The average molecular weight is 348 g/mol. The Bertz CT molecular complexity index is 943. The Labute approximate surface area is 151 Å². The molecule has 1 aliphatic rings. The van der Waals surface area contributed by atoms with E-state index in [0.717, 1.165) is 23.6 Å². The molecule has 3 heterocycles. The predicted molar refractivity (Wildman–Crippen MR) is 98.6 cm³/mol. The van der Waals surface area contributed by atoms with Crippen molar-refractivity contribution in [3.05, 3.63) is 48.2 Å². The normalized spacial score (nSPS) is 17.3. The largest absolute Gasteiger partial charge is 0.492 e. The van der Waals surface area contributed by atoms with Gasteiger partial charge in [0.2, 0.25) is 5.95 Å². The lowest BCUT2D eigenvalue weighted by atomic mass is 10.2. The Kier molecular flexibility index (Phi) is 4.42. The van der Waals surface area contributed by atoms with Crippen molar-refractivity contribution in [1.29, 1.82) is 5.26 Å². The zero-order valence-corrected chi connectivity index (χ0v) is 14.6. The second-order valence-corrected chi connectivity index (χ2v) is 6.50. The van der Waals surface area contributed by atoms with Crippen molar-refractivity contribution in [1.82, 2.24) is 19.5 Å². The van der Waals surface area contributed by atoms with Crippen LogP contribution in [0.5, 0.6) is 5.75 Å². The Morgan fingerprint density at radius 1 is 1.31 bits per heavy atom. The molecule has 7 heteroatoms. The van der Waals surface area contributed by atoms with Crippen LogP contribution in [0.1, 0.15) is 18.4 Å². The van der Waals surface area contributed by atoms with Gasteiger partial charge in [0, 0.05) is 24.0 Å². The molecule has 1 fully saturated rings.